The fourth-order valence-electron chi connectivity index (χ4n) is 2.79. The minimum absolute atomic E-state index is 0.538. The molecule has 1 heteroatoms. The fourth-order valence-corrected chi connectivity index (χ4v) is 2.79. The lowest BCUT2D eigenvalue weighted by Crippen LogP contribution is -2.32. The molecule has 0 heterocycles. The molecule has 94 valence electrons. The van der Waals surface area contributed by atoms with Gasteiger partial charge in [0.2, 0.25) is 0 Å². The predicted molar refractivity (Wildman–Crippen MR) is 72.2 cm³/mol. The van der Waals surface area contributed by atoms with E-state index in [4.69, 9.17) is 0 Å². The summed E-state index contributed by atoms with van der Waals surface area (Å²) < 4.78 is 0. The van der Waals surface area contributed by atoms with E-state index in [1.54, 1.807) is 0 Å². The molecule has 1 unspecified atom stereocenters. The molecule has 1 fully saturated rings. The average Bonchev–Trinajstić information content (AvgIpc) is 2.18. The van der Waals surface area contributed by atoms with Gasteiger partial charge in [0.05, 0.1) is 5.60 Å². The summed E-state index contributed by atoms with van der Waals surface area (Å²) in [4.78, 5) is 0. The van der Waals surface area contributed by atoms with E-state index in [2.05, 4.69) is 32.0 Å². The van der Waals surface area contributed by atoms with Gasteiger partial charge in [0, 0.05) is 6.42 Å². The SMILES string of the molecule is Cc1ccc(C)c(CC(C)(O)CC2CCC2)c1. The van der Waals surface area contributed by atoms with Crippen molar-refractivity contribution in [3.8, 4) is 0 Å². The Labute approximate surface area is 105 Å². The van der Waals surface area contributed by atoms with Crippen LogP contribution in [0.1, 0.15) is 49.3 Å². The summed E-state index contributed by atoms with van der Waals surface area (Å²) in [7, 11) is 0. The van der Waals surface area contributed by atoms with Crippen molar-refractivity contribution in [3.05, 3.63) is 34.9 Å². The first-order chi connectivity index (χ1) is 7.96. The van der Waals surface area contributed by atoms with E-state index >= 15 is 0 Å². The van der Waals surface area contributed by atoms with Crippen LogP contribution in [0.3, 0.4) is 0 Å². The van der Waals surface area contributed by atoms with Crippen molar-refractivity contribution in [2.45, 2.75) is 58.5 Å². The minimum atomic E-state index is -0.538. The molecule has 1 nitrogen and oxygen atoms in total. The molecule has 1 N–H and O–H groups in total. The second-order valence-electron chi connectivity index (χ2n) is 6.10. The van der Waals surface area contributed by atoms with Crippen molar-refractivity contribution in [2.75, 3.05) is 0 Å². The molecule has 17 heavy (non-hydrogen) atoms. The second-order valence-corrected chi connectivity index (χ2v) is 6.10. The first kappa shape index (κ1) is 12.6. The Balaban J connectivity index is 2.04. The normalized spacial score (nSPS) is 19.8. The third-order valence-electron chi connectivity index (χ3n) is 4.03. The summed E-state index contributed by atoms with van der Waals surface area (Å²) >= 11 is 0. The molecule has 1 atom stereocenters. The molecule has 0 aliphatic heterocycles. The van der Waals surface area contributed by atoms with Crippen LogP contribution in [0.4, 0.5) is 0 Å². The Kier molecular flexibility index (Phi) is 3.58. The minimum Gasteiger partial charge on any atom is -0.390 e. The summed E-state index contributed by atoms with van der Waals surface area (Å²) in [5.74, 6) is 0.759. The van der Waals surface area contributed by atoms with E-state index in [1.165, 1.54) is 36.0 Å². The highest BCUT2D eigenvalue weighted by molar-refractivity contribution is 5.31. The lowest BCUT2D eigenvalue weighted by molar-refractivity contribution is 0.0203. The van der Waals surface area contributed by atoms with E-state index in [9.17, 15) is 5.11 Å². The van der Waals surface area contributed by atoms with Gasteiger partial charge in [0.25, 0.3) is 0 Å². The van der Waals surface area contributed by atoms with E-state index in [0.29, 0.717) is 0 Å². The van der Waals surface area contributed by atoms with Crippen LogP contribution in [0.15, 0.2) is 18.2 Å². The Bertz CT molecular complexity index is 389. The highest BCUT2D eigenvalue weighted by Gasteiger charge is 2.29. The first-order valence-electron chi connectivity index (χ1n) is 6.75. The van der Waals surface area contributed by atoms with E-state index < -0.39 is 5.60 Å². The number of hydrogen-bond acceptors (Lipinski definition) is 1. The lowest BCUT2D eigenvalue weighted by Gasteiger charge is -2.33. The molecule has 0 spiro atoms. The van der Waals surface area contributed by atoms with Gasteiger partial charge in [-0.3, -0.25) is 0 Å². The van der Waals surface area contributed by atoms with E-state index in [-0.39, 0.29) is 0 Å². The van der Waals surface area contributed by atoms with Crippen molar-refractivity contribution in [1.29, 1.82) is 0 Å². The highest BCUT2D eigenvalue weighted by Crippen LogP contribution is 2.35. The van der Waals surface area contributed by atoms with Gasteiger partial charge in [-0.15, -0.1) is 0 Å². The molecule has 0 aromatic heterocycles. The largest absolute Gasteiger partial charge is 0.390 e. The van der Waals surface area contributed by atoms with Gasteiger partial charge in [-0.05, 0) is 44.2 Å². The molecule has 1 aromatic carbocycles. The van der Waals surface area contributed by atoms with Crippen molar-refractivity contribution in [3.63, 3.8) is 0 Å². The summed E-state index contributed by atoms with van der Waals surface area (Å²) in [6, 6.07) is 6.51. The number of rotatable bonds is 4. The van der Waals surface area contributed by atoms with Crippen molar-refractivity contribution >= 4 is 0 Å². The second kappa shape index (κ2) is 4.81. The molecule has 1 saturated carbocycles. The van der Waals surface area contributed by atoms with Gasteiger partial charge in [-0.1, -0.05) is 43.0 Å². The lowest BCUT2D eigenvalue weighted by atomic mass is 9.76. The van der Waals surface area contributed by atoms with Crippen molar-refractivity contribution < 1.29 is 5.11 Å². The predicted octanol–water partition coefficient (Wildman–Crippen LogP) is 3.79. The summed E-state index contributed by atoms with van der Waals surface area (Å²) in [5, 5.41) is 10.5. The summed E-state index contributed by atoms with van der Waals surface area (Å²) in [5.41, 5.74) is 3.34. The van der Waals surface area contributed by atoms with Gasteiger partial charge < -0.3 is 5.11 Å². The number of aryl methyl sites for hydroxylation is 2. The van der Waals surface area contributed by atoms with Crippen LogP contribution in [0.2, 0.25) is 0 Å². The molecular formula is C16H24O. The Morgan fingerprint density at radius 1 is 1.29 bits per heavy atom. The van der Waals surface area contributed by atoms with Gasteiger partial charge in [0.15, 0.2) is 0 Å². The van der Waals surface area contributed by atoms with E-state index in [0.717, 1.165) is 18.8 Å². The fraction of sp³-hybridized carbons (Fsp3) is 0.625. The summed E-state index contributed by atoms with van der Waals surface area (Å²) in [6.45, 7) is 6.24. The molecule has 1 aliphatic carbocycles. The molecule has 1 aromatic rings. The quantitative estimate of drug-likeness (QED) is 0.837. The van der Waals surface area contributed by atoms with Crippen LogP contribution in [0.25, 0.3) is 0 Å². The van der Waals surface area contributed by atoms with Gasteiger partial charge in [-0.25, -0.2) is 0 Å². The Morgan fingerprint density at radius 2 is 2.00 bits per heavy atom. The summed E-state index contributed by atoms with van der Waals surface area (Å²) in [6.07, 6.45) is 5.72. The third kappa shape index (κ3) is 3.32. The smallest absolute Gasteiger partial charge is 0.0662 e. The molecule has 0 bridgehead atoms. The standard InChI is InChI=1S/C16H24O/c1-12-7-8-13(2)15(9-12)11-16(3,17)10-14-5-4-6-14/h7-9,14,17H,4-6,10-11H2,1-3H3. The van der Waals surface area contributed by atoms with Gasteiger partial charge >= 0.3 is 0 Å². The average molecular weight is 232 g/mol. The van der Waals surface area contributed by atoms with Crippen LogP contribution in [0, 0.1) is 19.8 Å². The number of hydrogen-bond donors (Lipinski definition) is 1. The zero-order valence-corrected chi connectivity index (χ0v) is 11.3. The third-order valence-corrected chi connectivity index (χ3v) is 4.03. The Morgan fingerprint density at radius 3 is 2.59 bits per heavy atom. The molecular weight excluding hydrogens is 208 g/mol. The van der Waals surface area contributed by atoms with Gasteiger partial charge in [0.1, 0.15) is 0 Å². The maximum Gasteiger partial charge on any atom is 0.0662 e. The highest BCUT2D eigenvalue weighted by atomic mass is 16.3. The number of aliphatic hydroxyl groups is 1. The zero-order chi connectivity index (χ0) is 12.5. The van der Waals surface area contributed by atoms with Crippen molar-refractivity contribution in [2.24, 2.45) is 5.92 Å². The zero-order valence-electron chi connectivity index (χ0n) is 11.3. The van der Waals surface area contributed by atoms with E-state index in [1.807, 2.05) is 6.92 Å². The van der Waals surface area contributed by atoms with Crippen molar-refractivity contribution in [1.82, 2.24) is 0 Å². The van der Waals surface area contributed by atoms with Crippen LogP contribution >= 0.6 is 0 Å². The maximum absolute atomic E-state index is 10.5. The van der Waals surface area contributed by atoms with Gasteiger partial charge in [-0.2, -0.15) is 0 Å². The molecule has 2 rings (SSSR count). The topological polar surface area (TPSA) is 20.2 Å². The molecule has 0 amide bonds. The van der Waals surface area contributed by atoms with Crippen LogP contribution < -0.4 is 0 Å². The van der Waals surface area contributed by atoms with Crippen LogP contribution in [-0.2, 0) is 6.42 Å². The monoisotopic (exact) mass is 232 g/mol. The first-order valence-corrected chi connectivity index (χ1v) is 6.75. The molecule has 0 radical (unpaired) electrons. The molecule has 0 saturated heterocycles. The maximum atomic E-state index is 10.5. The van der Waals surface area contributed by atoms with Crippen LogP contribution in [0.5, 0.6) is 0 Å². The van der Waals surface area contributed by atoms with Crippen LogP contribution in [-0.4, -0.2) is 10.7 Å². The Hall–Kier alpha value is -0.820. The molecule has 1 aliphatic rings. The number of benzene rings is 1.